The largest absolute Gasteiger partial charge is 0.422 e. The molecular formula is C10H7F7I+. The van der Waals surface area contributed by atoms with Crippen LogP contribution in [0.2, 0.25) is 0 Å². The Morgan fingerprint density at radius 3 is 1.67 bits per heavy atom. The van der Waals surface area contributed by atoms with Crippen molar-refractivity contribution in [2.75, 3.05) is 4.43 Å². The second-order valence-electron chi connectivity index (χ2n) is 3.27. The summed E-state index contributed by atoms with van der Waals surface area (Å²) in [6.45, 7) is 1.69. The predicted molar refractivity (Wildman–Crippen MR) is 45.1 cm³/mol. The first-order chi connectivity index (χ1) is 8.21. The van der Waals surface area contributed by atoms with Crippen LogP contribution in [-0.4, -0.2) is 4.43 Å². The third-order valence-electron chi connectivity index (χ3n) is 1.91. The quantitative estimate of drug-likeness (QED) is 0.238. The summed E-state index contributed by atoms with van der Waals surface area (Å²) in [6, 6.07) is 0. The molecule has 8 heteroatoms. The zero-order chi connectivity index (χ0) is 14.1. The second-order valence-corrected chi connectivity index (χ2v) is 6.19. The standard InChI is InChI=1S/C10H7F7I/c1-2-3-18-9-7(13)5(11)4(10(15,16)17)6(12)8(9)14/h2-3H2,1H3/q+1. The van der Waals surface area contributed by atoms with Gasteiger partial charge in [0.05, 0.1) is 0 Å². The van der Waals surface area contributed by atoms with Crippen molar-refractivity contribution in [3.8, 4) is 0 Å². The highest BCUT2D eigenvalue weighted by Crippen LogP contribution is 2.35. The minimum Gasteiger partial charge on any atom is -0.203 e. The van der Waals surface area contributed by atoms with Crippen molar-refractivity contribution in [2.24, 2.45) is 0 Å². The van der Waals surface area contributed by atoms with Crippen LogP contribution in [0.4, 0.5) is 30.7 Å². The van der Waals surface area contributed by atoms with Crippen LogP contribution in [0.5, 0.6) is 0 Å². The molecule has 0 unspecified atom stereocenters. The molecule has 102 valence electrons. The molecule has 0 nitrogen and oxygen atoms in total. The summed E-state index contributed by atoms with van der Waals surface area (Å²) in [7, 11) is 0. The van der Waals surface area contributed by atoms with E-state index in [0.29, 0.717) is 10.8 Å². The van der Waals surface area contributed by atoms with Crippen LogP contribution < -0.4 is 21.2 Å². The molecule has 0 N–H and O–H groups in total. The third-order valence-corrected chi connectivity index (χ3v) is 5.24. The summed E-state index contributed by atoms with van der Waals surface area (Å²) in [5.74, 6) is -8.59. The first-order valence-corrected chi connectivity index (χ1v) is 7.34. The van der Waals surface area contributed by atoms with Gasteiger partial charge < -0.3 is 0 Å². The first-order valence-electron chi connectivity index (χ1n) is 4.74. The summed E-state index contributed by atoms with van der Waals surface area (Å²) in [4.78, 5) is 0. The first kappa shape index (κ1) is 15.5. The number of rotatable bonds is 3. The lowest BCUT2D eigenvalue weighted by atomic mass is 10.1. The fourth-order valence-corrected chi connectivity index (χ4v) is 3.38. The summed E-state index contributed by atoms with van der Waals surface area (Å²) in [6.07, 6.45) is -4.95. The van der Waals surface area contributed by atoms with Gasteiger partial charge in [0.15, 0.2) is 11.6 Å². The Kier molecular flexibility index (Phi) is 4.84. The van der Waals surface area contributed by atoms with Crippen molar-refractivity contribution in [3.05, 3.63) is 32.4 Å². The van der Waals surface area contributed by atoms with Gasteiger partial charge in [0.2, 0.25) is 11.6 Å². The third kappa shape index (κ3) is 2.89. The van der Waals surface area contributed by atoms with Gasteiger partial charge in [-0.05, 0) is 6.42 Å². The lowest BCUT2D eigenvalue weighted by molar-refractivity contribution is -0.632. The lowest BCUT2D eigenvalue weighted by Crippen LogP contribution is -3.63. The molecule has 1 rings (SSSR count). The molecule has 1 aromatic rings. The zero-order valence-corrected chi connectivity index (χ0v) is 11.1. The predicted octanol–water partition coefficient (Wildman–Crippen LogP) is 0.930. The van der Waals surface area contributed by atoms with Gasteiger partial charge in [-0.1, -0.05) is 6.92 Å². The van der Waals surface area contributed by atoms with E-state index in [-0.39, 0.29) is 0 Å². The molecule has 0 radical (unpaired) electrons. The molecule has 18 heavy (non-hydrogen) atoms. The molecule has 0 aliphatic carbocycles. The zero-order valence-electron chi connectivity index (χ0n) is 8.94. The van der Waals surface area contributed by atoms with E-state index < -0.39 is 59.8 Å². The highest BCUT2D eigenvalue weighted by molar-refractivity contribution is 5.24. The molecule has 0 heterocycles. The van der Waals surface area contributed by atoms with Gasteiger partial charge >= 0.3 is 27.4 Å². The van der Waals surface area contributed by atoms with Gasteiger partial charge in [-0.15, -0.1) is 0 Å². The Balaban J connectivity index is 3.46. The monoisotopic (exact) mass is 387 g/mol. The van der Waals surface area contributed by atoms with Crippen molar-refractivity contribution in [3.63, 3.8) is 0 Å². The Morgan fingerprint density at radius 2 is 1.33 bits per heavy atom. The Bertz CT molecular complexity index is 424. The molecule has 0 aromatic heterocycles. The lowest BCUT2D eigenvalue weighted by Gasteiger charge is -2.10. The summed E-state index contributed by atoms with van der Waals surface area (Å²) >= 11 is -1.40. The molecule has 0 amide bonds. The second kappa shape index (κ2) is 5.62. The number of hydrogen-bond donors (Lipinski definition) is 0. The summed E-state index contributed by atoms with van der Waals surface area (Å²) in [5, 5.41) is 0. The van der Waals surface area contributed by atoms with E-state index >= 15 is 0 Å². The number of hydrogen-bond acceptors (Lipinski definition) is 0. The molecule has 0 bridgehead atoms. The highest BCUT2D eigenvalue weighted by atomic mass is 127. The molecule has 0 aliphatic rings. The van der Waals surface area contributed by atoms with E-state index in [9.17, 15) is 30.7 Å². The molecule has 0 saturated heterocycles. The maximum atomic E-state index is 13.3. The van der Waals surface area contributed by atoms with E-state index in [0.717, 1.165) is 0 Å². The van der Waals surface area contributed by atoms with Crippen LogP contribution in [0.3, 0.4) is 0 Å². The maximum absolute atomic E-state index is 13.3. The van der Waals surface area contributed by atoms with Gasteiger partial charge in [0, 0.05) is 0 Å². The summed E-state index contributed by atoms with van der Waals surface area (Å²) in [5.41, 5.74) is -2.51. The molecule has 0 spiro atoms. The van der Waals surface area contributed by atoms with Crippen molar-refractivity contribution in [2.45, 2.75) is 19.5 Å². The fraction of sp³-hybridized carbons (Fsp3) is 0.400. The van der Waals surface area contributed by atoms with E-state index in [1.54, 1.807) is 6.92 Å². The number of alkyl halides is 4. The molecular weight excluding hydrogens is 380 g/mol. The van der Waals surface area contributed by atoms with Crippen LogP contribution >= 0.6 is 0 Å². The van der Waals surface area contributed by atoms with E-state index in [1.807, 2.05) is 0 Å². The van der Waals surface area contributed by atoms with Crippen molar-refractivity contribution in [1.29, 1.82) is 0 Å². The molecule has 1 aromatic carbocycles. The van der Waals surface area contributed by atoms with Crippen molar-refractivity contribution in [1.82, 2.24) is 0 Å². The normalized spacial score (nSPS) is 12.0. The maximum Gasteiger partial charge on any atom is 0.422 e. The number of benzene rings is 1. The van der Waals surface area contributed by atoms with E-state index in [1.165, 1.54) is 0 Å². The van der Waals surface area contributed by atoms with Crippen LogP contribution in [0.15, 0.2) is 0 Å². The summed E-state index contributed by atoms with van der Waals surface area (Å²) < 4.78 is 89.1. The average Bonchev–Trinajstić information content (AvgIpc) is 2.25. The molecule has 0 atom stereocenters. The molecule has 0 fully saturated rings. The minimum atomic E-state index is -5.47. The smallest absolute Gasteiger partial charge is 0.203 e. The Hall–Kier alpha value is -0.540. The molecule has 0 saturated carbocycles. The van der Waals surface area contributed by atoms with Crippen LogP contribution in [-0.2, 0) is 6.18 Å². The number of halogens is 8. The van der Waals surface area contributed by atoms with Crippen molar-refractivity contribution < 1.29 is 51.9 Å². The van der Waals surface area contributed by atoms with Crippen molar-refractivity contribution >= 4 is 0 Å². The van der Waals surface area contributed by atoms with Gasteiger partial charge in [-0.2, -0.15) is 22.0 Å². The minimum absolute atomic E-state index is 0.316. The topological polar surface area (TPSA) is 0 Å². The Labute approximate surface area is 108 Å². The van der Waals surface area contributed by atoms with Crippen LogP contribution in [0.25, 0.3) is 0 Å². The van der Waals surface area contributed by atoms with Crippen LogP contribution in [0, 0.1) is 26.8 Å². The average molecular weight is 387 g/mol. The van der Waals surface area contributed by atoms with Gasteiger partial charge in [0.1, 0.15) is 9.99 Å². The van der Waals surface area contributed by atoms with Gasteiger partial charge in [-0.25, -0.2) is 8.78 Å². The van der Waals surface area contributed by atoms with E-state index in [2.05, 4.69) is 0 Å². The van der Waals surface area contributed by atoms with E-state index in [4.69, 9.17) is 0 Å². The highest BCUT2D eigenvalue weighted by Gasteiger charge is 2.44. The molecule has 0 aliphatic heterocycles. The SMILES string of the molecule is CCC[I+]c1c(F)c(F)c(C(F)(F)F)c(F)c1F. The van der Waals surface area contributed by atoms with Gasteiger partial charge in [0.25, 0.3) is 3.57 Å². The van der Waals surface area contributed by atoms with Gasteiger partial charge in [-0.3, -0.25) is 0 Å². The Morgan fingerprint density at radius 1 is 0.889 bits per heavy atom. The fourth-order valence-electron chi connectivity index (χ4n) is 1.16. The van der Waals surface area contributed by atoms with Crippen LogP contribution in [0.1, 0.15) is 18.9 Å².